The van der Waals surface area contributed by atoms with Crippen LogP contribution >= 0.6 is 0 Å². The predicted molar refractivity (Wildman–Crippen MR) is 78.6 cm³/mol. The van der Waals surface area contributed by atoms with Crippen molar-refractivity contribution in [3.63, 3.8) is 0 Å². The Kier molecular flexibility index (Phi) is 4.48. The Morgan fingerprint density at radius 2 is 1.50 bits per heavy atom. The van der Waals surface area contributed by atoms with Crippen molar-refractivity contribution >= 4 is 0 Å². The Morgan fingerprint density at radius 3 is 1.90 bits per heavy atom. The maximum Gasteiger partial charge on any atom is 0.126 e. The average molecular weight is 281 g/mol. The minimum Gasteiger partial charge on any atom is -0.330 e. The molecule has 0 saturated heterocycles. The first-order valence-electron chi connectivity index (χ1n) is 7.66. The molecule has 1 nitrogen and oxygen atoms in total. The summed E-state index contributed by atoms with van der Waals surface area (Å²) in [6.45, 7) is 4.86. The zero-order valence-corrected chi connectivity index (χ0v) is 12.5. The molecule has 0 atom stereocenters. The van der Waals surface area contributed by atoms with Crippen LogP contribution in [0, 0.1) is 17.0 Å². The van der Waals surface area contributed by atoms with Crippen molar-refractivity contribution < 1.29 is 8.78 Å². The molecule has 2 N–H and O–H groups in total. The first-order chi connectivity index (χ1) is 9.49. The third kappa shape index (κ3) is 2.73. The van der Waals surface area contributed by atoms with Crippen LogP contribution in [0.1, 0.15) is 57.9 Å². The van der Waals surface area contributed by atoms with Gasteiger partial charge in [-0.1, -0.05) is 26.7 Å². The van der Waals surface area contributed by atoms with E-state index in [1.54, 1.807) is 0 Å². The van der Waals surface area contributed by atoms with Crippen LogP contribution in [0.15, 0.2) is 18.2 Å². The molecule has 1 aliphatic carbocycles. The van der Waals surface area contributed by atoms with E-state index >= 15 is 0 Å². The maximum atomic E-state index is 13.5. The van der Waals surface area contributed by atoms with E-state index in [1.807, 2.05) is 0 Å². The summed E-state index contributed by atoms with van der Waals surface area (Å²) >= 11 is 0. The van der Waals surface area contributed by atoms with Crippen LogP contribution < -0.4 is 5.73 Å². The molecule has 0 amide bonds. The molecule has 0 aliphatic heterocycles. The number of nitrogens with two attached hydrogens (primary N) is 1. The molecule has 1 saturated carbocycles. The monoisotopic (exact) mass is 281 g/mol. The smallest absolute Gasteiger partial charge is 0.126 e. The molecular formula is C17H25F2N. The third-order valence-corrected chi connectivity index (χ3v) is 4.85. The van der Waals surface area contributed by atoms with E-state index in [4.69, 9.17) is 5.73 Å². The number of benzene rings is 1. The molecule has 112 valence electrons. The summed E-state index contributed by atoms with van der Waals surface area (Å²) in [6.07, 6.45) is 6.58. The number of hydrogen-bond donors (Lipinski definition) is 1. The van der Waals surface area contributed by atoms with Gasteiger partial charge in [-0.3, -0.25) is 0 Å². The molecule has 1 aliphatic rings. The fourth-order valence-corrected chi connectivity index (χ4v) is 4.25. The van der Waals surface area contributed by atoms with Crippen molar-refractivity contribution in [2.24, 2.45) is 11.1 Å². The topological polar surface area (TPSA) is 26.0 Å². The van der Waals surface area contributed by atoms with Crippen LogP contribution in [0.5, 0.6) is 0 Å². The van der Waals surface area contributed by atoms with E-state index in [-0.39, 0.29) is 5.41 Å². The molecule has 0 spiro atoms. The second kappa shape index (κ2) is 5.80. The van der Waals surface area contributed by atoms with Gasteiger partial charge in [0.25, 0.3) is 0 Å². The molecule has 0 unspecified atom stereocenters. The van der Waals surface area contributed by atoms with E-state index in [0.717, 1.165) is 37.3 Å². The van der Waals surface area contributed by atoms with Crippen LogP contribution in [-0.4, -0.2) is 6.54 Å². The Morgan fingerprint density at radius 1 is 1.00 bits per heavy atom. The Balaban J connectivity index is 2.25. The first kappa shape index (κ1) is 15.4. The van der Waals surface area contributed by atoms with Crippen molar-refractivity contribution in [2.45, 2.75) is 57.8 Å². The van der Waals surface area contributed by atoms with E-state index in [2.05, 4.69) is 13.8 Å². The Bertz CT molecular complexity index is 436. The SMILES string of the molecule is CCCC1(CCC)CC(CN)(c2cc(F)cc(F)c2)C1. The minimum absolute atomic E-state index is 0.229. The minimum atomic E-state index is -0.503. The van der Waals surface area contributed by atoms with Gasteiger partial charge in [0.15, 0.2) is 0 Å². The van der Waals surface area contributed by atoms with Crippen LogP contribution in [0.4, 0.5) is 8.78 Å². The molecule has 0 radical (unpaired) electrons. The van der Waals surface area contributed by atoms with E-state index < -0.39 is 11.6 Å². The van der Waals surface area contributed by atoms with Gasteiger partial charge in [-0.2, -0.15) is 0 Å². The molecule has 0 aromatic heterocycles. The van der Waals surface area contributed by atoms with Gasteiger partial charge in [0.05, 0.1) is 0 Å². The molecule has 0 heterocycles. The summed E-state index contributed by atoms with van der Waals surface area (Å²) in [4.78, 5) is 0. The van der Waals surface area contributed by atoms with Crippen LogP contribution in [-0.2, 0) is 5.41 Å². The standard InChI is InChI=1S/C17H25F2N/c1-3-5-16(6-4-2)10-17(11-16,12-20)13-7-14(18)9-15(19)8-13/h7-9H,3-6,10-12,20H2,1-2H3. The summed E-state index contributed by atoms with van der Waals surface area (Å²) < 4.78 is 26.9. The van der Waals surface area contributed by atoms with Crippen molar-refractivity contribution in [3.05, 3.63) is 35.4 Å². The average Bonchev–Trinajstić information content (AvgIpc) is 2.34. The van der Waals surface area contributed by atoms with Crippen LogP contribution in [0.2, 0.25) is 0 Å². The zero-order valence-electron chi connectivity index (χ0n) is 12.5. The van der Waals surface area contributed by atoms with E-state index in [9.17, 15) is 8.78 Å². The maximum absolute atomic E-state index is 13.5. The van der Waals surface area contributed by atoms with Gasteiger partial charge in [-0.15, -0.1) is 0 Å². The number of hydrogen-bond acceptors (Lipinski definition) is 1. The summed E-state index contributed by atoms with van der Waals surface area (Å²) in [5.74, 6) is -1.01. The summed E-state index contributed by atoms with van der Waals surface area (Å²) in [6, 6.07) is 3.84. The molecular weight excluding hydrogens is 256 g/mol. The quantitative estimate of drug-likeness (QED) is 0.814. The summed E-state index contributed by atoms with van der Waals surface area (Å²) in [5, 5.41) is 0. The van der Waals surface area contributed by atoms with Crippen molar-refractivity contribution in [1.82, 2.24) is 0 Å². The highest BCUT2D eigenvalue weighted by Gasteiger charge is 2.53. The molecule has 1 fully saturated rings. The highest BCUT2D eigenvalue weighted by atomic mass is 19.1. The Labute approximate surface area is 120 Å². The van der Waals surface area contributed by atoms with Gasteiger partial charge in [0, 0.05) is 18.0 Å². The van der Waals surface area contributed by atoms with Gasteiger partial charge in [0.1, 0.15) is 11.6 Å². The highest BCUT2D eigenvalue weighted by molar-refractivity contribution is 5.32. The zero-order chi connectivity index (χ0) is 14.8. The van der Waals surface area contributed by atoms with Gasteiger partial charge < -0.3 is 5.73 Å². The molecule has 1 aromatic carbocycles. The second-order valence-corrected chi connectivity index (χ2v) is 6.50. The van der Waals surface area contributed by atoms with Crippen LogP contribution in [0.3, 0.4) is 0 Å². The predicted octanol–water partition coefficient (Wildman–Crippen LogP) is 4.54. The molecule has 0 bridgehead atoms. The van der Waals surface area contributed by atoms with Crippen LogP contribution in [0.25, 0.3) is 0 Å². The summed E-state index contributed by atoms with van der Waals surface area (Å²) in [5.41, 5.74) is 6.80. The van der Waals surface area contributed by atoms with E-state index in [1.165, 1.54) is 25.0 Å². The lowest BCUT2D eigenvalue weighted by Crippen LogP contribution is -2.53. The lowest BCUT2D eigenvalue weighted by atomic mass is 9.48. The Hall–Kier alpha value is -0.960. The second-order valence-electron chi connectivity index (χ2n) is 6.50. The number of halogens is 2. The number of rotatable bonds is 6. The normalized spacial score (nSPS) is 19.6. The molecule has 2 rings (SSSR count). The lowest BCUT2D eigenvalue weighted by molar-refractivity contribution is 0.00751. The molecule has 3 heteroatoms. The van der Waals surface area contributed by atoms with Gasteiger partial charge in [0.2, 0.25) is 0 Å². The van der Waals surface area contributed by atoms with Gasteiger partial charge in [-0.05, 0) is 48.8 Å². The fraction of sp³-hybridized carbons (Fsp3) is 0.647. The highest BCUT2D eigenvalue weighted by Crippen LogP contribution is 2.59. The van der Waals surface area contributed by atoms with Crippen molar-refractivity contribution in [3.8, 4) is 0 Å². The largest absolute Gasteiger partial charge is 0.330 e. The van der Waals surface area contributed by atoms with Crippen molar-refractivity contribution in [1.29, 1.82) is 0 Å². The van der Waals surface area contributed by atoms with Gasteiger partial charge in [-0.25, -0.2) is 8.78 Å². The van der Waals surface area contributed by atoms with Crippen molar-refractivity contribution in [2.75, 3.05) is 6.54 Å². The summed E-state index contributed by atoms with van der Waals surface area (Å²) in [7, 11) is 0. The lowest BCUT2D eigenvalue weighted by Gasteiger charge is -2.57. The molecule has 20 heavy (non-hydrogen) atoms. The fourth-order valence-electron chi connectivity index (χ4n) is 4.25. The molecule has 1 aromatic rings. The van der Waals surface area contributed by atoms with E-state index in [0.29, 0.717) is 12.0 Å². The first-order valence-corrected chi connectivity index (χ1v) is 7.66. The third-order valence-electron chi connectivity index (χ3n) is 4.85. The van der Waals surface area contributed by atoms with Gasteiger partial charge >= 0.3 is 0 Å².